The first-order valence-electron chi connectivity index (χ1n) is 6.48. The Hall–Kier alpha value is -1.54. The summed E-state index contributed by atoms with van der Waals surface area (Å²) in [7, 11) is 0. The zero-order valence-electron chi connectivity index (χ0n) is 11.6. The van der Waals surface area contributed by atoms with Crippen LogP contribution in [0.3, 0.4) is 0 Å². The summed E-state index contributed by atoms with van der Waals surface area (Å²) in [6, 6.07) is 10.8. The van der Waals surface area contributed by atoms with Crippen molar-refractivity contribution in [3.05, 3.63) is 58.5 Å². The molecule has 0 amide bonds. The minimum atomic E-state index is 0.142. The highest BCUT2D eigenvalue weighted by Gasteiger charge is 2.16. The van der Waals surface area contributed by atoms with Gasteiger partial charge in [0.1, 0.15) is 11.5 Å². The molecule has 1 aromatic heterocycles. The molecule has 96 valence electrons. The van der Waals surface area contributed by atoms with Crippen molar-refractivity contribution in [3.8, 4) is 0 Å². The van der Waals surface area contributed by atoms with Crippen LogP contribution in [-0.2, 0) is 0 Å². The van der Waals surface area contributed by atoms with E-state index >= 15 is 0 Å². The number of hydrogen-bond acceptors (Lipinski definition) is 2. The molecular weight excluding hydrogens is 222 g/mol. The van der Waals surface area contributed by atoms with Gasteiger partial charge in [-0.2, -0.15) is 0 Å². The van der Waals surface area contributed by atoms with E-state index in [-0.39, 0.29) is 6.04 Å². The lowest BCUT2D eigenvalue weighted by molar-refractivity contribution is 0.435. The highest BCUT2D eigenvalue weighted by molar-refractivity contribution is 5.35. The molecule has 0 aliphatic carbocycles. The Morgan fingerprint density at radius 1 is 1.06 bits per heavy atom. The predicted molar refractivity (Wildman–Crippen MR) is 74.9 cm³/mol. The van der Waals surface area contributed by atoms with Crippen LogP contribution in [0.1, 0.15) is 41.2 Å². The largest absolute Gasteiger partial charge is 0.464 e. The van der Waals surface area contributed by atoms with E-state index in [1.165, 1.54) is 16.7 Å². The van der Waals surface area contributed by atoms with Gasteiger partial charge in [0, 0.05) is 0 Å². The molecule has 0 aliphatic rings. The number of benzene rings is 1. The summed E-state index contributed by atoms with van der Waals surface area (Å²) in [5.74, 6) is 1.94. The maximum Gasteiger partial charge on any atom is 0.125 e. The molecule has 0 spiro atoms. The van der Waals surface area contributed by atoms with E-state index in [2.05, 4.69) is 50.4 Å². The van der Waals surface area contributed by atoms with Gasteiger partial charge in [-0.05, 0) is 56.1 Å². The maximum atomic E-state index is 5.76. The smallest absolute Gasteiger partial charge is 0.125 e. The van der Waals surface area contributed by atoms with Crippen LogP contribution in [0, 0.1) is 20.8 Å². The third kappa shape index (κ3) is 2.65. The summed E-state index contributed by atoms with van der Waals surface area (Å²) in [6.45, 7) is 9.29. The molecule has 1 heterocycles. The molecule has 1 aromatic carbocycles. The van der Waals surface area contributed by atoms with Gasteiger partial charge in [0.15, 0.2) is 0 Å². The van der Waals surface area contributed by atoms with Crippen molar-refractivity contribution in [2.75, 3.05) is 6.54 Å². The van der Waals surface area contributed by atoms with Crippen molar-refractivity contribution >= 4 is 0 Å². The van der Waals surface area contributed by atoms with Crippen LogP contribution in [0.4, 0.5) is 0 Å². The van der Waals surface area contributed by atoms with Gasteiger partial charge in [-0.25, -0.2) is 0 Å². The topological polar surface area (TPSA) is 25.2 Å². The minimum Gasteiger partial charge on any atom is -0.464 e. The van der Waals surface area contributed by atoms with Gasteiger partial charge in [0.25, 0.3) is 0 Å². The first-order chi connectivity index (χ1) is 8.61. The number of hydrogen-bond donors (Lipinski definition) is 1. The molecule has 0 saturated heterocycles. The minimum absolute atomic E-state index is 0.142. The normalized spacial score (nSPS) is 12.7. The first-order valence-corrected chi connectivity index (χ1v) is 6.48. The van der Waals surface area contributed by atoms with Crippen LogP contribution < -0.4 is 5.32 Å². The van der Waals surface area contributed by atoms with Crippen molar-refractivity contribution in [2.24, 2.45) is 0 Å². The summed E-state index contributed by atoms with van der Waals surface area (Å²) in [4.78, 5) is 0. The summed E-state index contributed by atoms with van der Waals surface area (Å²) in [5, 5.41) is 3.48. The van der Waals surface area contributed by atoms with Gasteiger partial charge in [0.05, 0.1) is 6.04 Å². The van der Waals surface area contributed by atoms with E-state index < -0.39 is 0 Å². The lowest BCUT2D eigenvalue weighted by atomic mass is 9.99. The molecule has 0 saturated carbocycles. The molecule has 1 unspecified atom stereocenters. The van der Waals surface area contributed by atoms with E-state index in [0.717, 1.165) is 18.1 Å². The number of rotatable bonds is 4. The third-order valence-electron chi connectivity index (χ3n) is 3.32. The number of nitrogens with one attached hydrogen (secondary N) is 1. The van der Waals surface area contributed by atoms with Crippen LogP contribution in [0.2, 0.25) is 0 Å². The second-order valence-corrected chi connectivity index (χ2v) is 4.78. The Bertz CT molecular complexity index is 528. The van der Waals surface area contributed by atoms with Crippen LogP contribution in [0.5, 0.6) is 0 Å². The average Bonchev–Trinajstić information content (AvgIpc) is 2.76. The van der Waals surface area contributed by atoms with Gasteiger partial charge in [-0.3, -0.25) is 0 Å². The van der Waals surface area contributed by atoms with Crippen molar-refractivity contribution in [2.45, 2.75) is 33.7 Å². The van der Waals surface area contributed by atoms with Crippen LogP contribution in [0.15, 0.2) is 34.7 Å². The zero-order valence-corrected chi connectivity index (χ0v) is 11.6. The van der Waals surface area contributed by atoms with Crippen molar-refractivity contribution in [1.29, 1.82) is 0 Å². The Kier molecular flexibility index (Phi) is 3.87. The Balaban J connectivity index is 2.37. The van der Waals surface area contributed by atoms with Crippen molar-refractivity contribution in [1.82, 2.24) is 5.32 Å². The van der Waals surface area contributed by atoms with Crippen LogP contribution >= 0.6 is 0 Å². The van der Waals surface area contributed by atoms with Gasteiger partial charge in [-0.1, -0.05) is 25.1 Å². The second-order valence-electron chi connectivity index (χ2n) is 4.78. The lowest BCUT2D eigenvalue weighted by Gasteiger charge is -2.17. The molecule has 2 nitrogen and oxygen atoms in total. The van der Waals surface area contributed by atoms with Crippen LogP contribution in [-0.4, -0.2) is 6.54 Å². The van der Waals surface area contributed by atoms with Gasteiger partial charge >= 0.3 is 0 Å². The van der Waals surface area contributed by atoms with Crippen LogP contribution in [0.25, 0.3) is 0 Å². The first kappa shape index (κ1) is 12.9. The average molecular weight is 243 g/mol. The van der Waals surface area contributed by atoms with E-state index in [9.17, 15) is 0 Å². The van der Waals surface area contributed by atoms with E-state index in [0.29, 0.717) is 0 Å². The predicted octanol–water partition coefficient (Wildman–Crippen LogP) is 3.90. The molecule has 2 heteroatoms. The van der Waals surface area contributed by atoms with Gasteiger partial charge in [-0.15, -0.1) is 0 Å². The SMILES string of the molecule is CCNC(c1ccc(C)c(C)c1)c1ccc(C)o1. The van der Waals surface area contributed by atoms with Crippen molar-refractivity contribution in [3.63, 3.8) is 0 Å². The third-order valence-corrected chi connectivity index (χ3v) is 3.32. The molecule has 1 N–H and O–H groups in total. The molecule has 1 atom stereocenters. The summed E-state index contributed by atoms with van der Waals surface area (Å²) in [5.41, 5.74) is 3.90. The standard InChI is InChI=1S/C16H21NO/c1-5-17-16(15-9-7-13(4)18-15)14-8-6-11(2)12(3)10-14/h6-10,16-17H,5H2,1-4H3. The molecule has 2 rings (SSSR count). The van der Waals surface area contributed by atoms with Gasteiger partial charge in [0.2, 0.25) is 0 Å². The van der Waals surface area contributed by atoms with E-state index in [1.807, 2.05) is 13.0 Å². The maximum absolute atomic E-state index is 5.76. The quantitative estimate of drug-likeness (QED) is 0.881. The monoisotopic (exact) mass is 243 g/mol. The Morgan fingerprint density at radius 2 is 1.83 bits per heavy atom. The fourth-order valence-electron chi connectivity index (χ4n) is 2.14. The zero-order chi connectivity index (χ0) is 13.1. The molecule has 0 radical (unpaired) electrons. The fraction of sp³-hybridized carbons (Fsp3) is 0.375. The Labute approximate surface area is 109 Å². The van der Waals surface area contributed by atoms with Crippen molar-refractivity contribution < 1.29 is 4.42 Å². The molecule has 0 bridgehead atoms. The molecule has 0 fully saturated rings. The Morgan fingerprint density at radius 3 is 2.39 bits per heavy atom. The summed E-state index contributed by atoms with van der Waals surface area (Å²) in [6.07, 6.45) is 0. The molecule has 18 heavy (non-hydrogen) atoms. The second kappa shape index (κ2) is 5.40. The highest BCUT2D eigenvalue weighted by Crippen LogP contribution is 2.25. The van der Waals surface area contributed by atoms with E-state index in [4.69, 9.17) is 4.42 Å². The highest BCUT2D eigenvalue weighted by atomic mass is 16.3. The number of furan rings is 1. The summed E-state index contributed by atoms with van der Waals surface area (Å²) < 4.78 is 5.76. The molecule has 0 aliphatic heterocycles. The van der Waals surface area contributed by atoms with Gasteiger partial charge < -0.3 is 9.73 Å². The fourth-order valence-corrected chi connectivity index (χ4v) is 2.14. The van der Waals surface area contributed by atoms with E-state index in [1.54, 1.807) is 0 Å². The molecule has 2 aromatic rings. The lowest BCUT2D eigenvalue weighted by Crippen LogP contribution is -2.21. The summed E-state index contributed by atoms with van der Waals surface area (Å²) >= 11 is 0. The molecular formula is C16H21NO. The number of aryl methyl sites for hydroxylation is 3.